The van der Waals surface area contributed by atoms with Crippen molar-refractivity contribution >= 4 is 22.6 Å². The molecule has 104 valence electrons. The van der Waals surface area contributed by atoms with Crippen molar-refractivity contribution in [2.24, 2.45) is 0 Å². The zero-order valence-electron chi connectivity index (χ0n) is 11.8. The number of hydrogen-bond donors (Lipinski definition) is 1. The number of benzene rings is 2. The molecule has 0 spiro atoms. The van der Waals surface area contributed by atoms with Gasteiger partial charge in [-0.15, -0.1) is 0 Å². The highest BCUT2D eigenvalue weighted by Gasteiger charge is 2.15. The fraction of sp³-hybridized carbons (Fsp3) is 0.333. The first-order chi connectivity index (χ1) is 9.78. The molecule has 1 aliphatic carbocycles. The van der Waals surface area contributed by atoms with Gasteiger partial charge in [-0.3, -0.25) is 0 Å². The Morgan fingerprint density at radius 1 is 0.950 bits per heavy atom. The number of nitrogens with one attached hydrogen (secondary N) is 1. The van der Waals surface area contributed by atoms with Crippen molar-refractivity contribution in [2.45, 2.75) is 31.7 Å². The van der Waals surface area contributed by atoms with E-state index in [-0.39, 0.29) is 6.04 Å². The Balaban J connectivity index is 1.97. The predicted molar refractivity (Wildman–Crippen MR) is 93.1 cm³/mol. The van der Waals surface area contributed by atoms with E-state index in [4.69, 9.17) is 0 Å². The number of hydrogen-bond acceptors (Lipinski definition) is 1. The summed E-state index contributed by atoms with van der Waals surface area (Å²) in [6.07, 6.45) is 5.18. The van der Waals surface area contributed by atoms with Gasteiger partial charge in [0, 0.05) is 3.57 Å². The summed E-state index contributed by atoms with van der Waals surface area (Å²) in [4.78, 5) is 0. The molecular formula is C18H20IN. The lowest BCUT2D eigenvalue weighted by atomic mass is 9.88. The molecule has 1 unspecified atom stereocenters. The quantitative estimate of drug-likeness (QED) is 0.778. The van der Waals surface area contributed by atoms with E-state index < -0.39 is 0 Å². The molecule has 0 radical (unpaired) electrons. The van der Waals surface area contributed by atoms with Crippen LogP contribution in [0.3, 0.4) is 0 Å². The molecule has 20 heavy (non-hydrogen) atoms. The summed E-state index contributed by atoms with van der Waals surface area (Å²) in [6.45, 7) is 0. The molecule has 0 saturated carbocycles. The first-order valence-electron chi connectivity index (χ1n) is 7.32. The second kappa shape index (κ2) is 6.27. The molecule has 0 aliphatic heterocycles. The molecule has 0 aromatic heterocycles. The molecule has 0 amide bonds. The fourth-order valence-electron chi connectivity index (χ4n) is 3.14. The molecule has 2 heteroatoms. The molecule has 1 N–H and O–H groups in total. The SMILES string of the molecule is CNC(c1cccc(I)c1)c1ccc2c(c1)CCCC2. The summed E-state index contributed by atoms with van der Waals surface area (Å²) in [5, 5.41) is 3.47. The highest BCUT2D eigenvalue weighted by Crippen LogP contribution is 2.28. The smallest absolute Gasteiger partial charge is 0.0574 e. The van der Waals surface area contributed by atoms with Gasteiger partial charge < -0.3 is 5.32 Å². The highest BCUT2D eigenvalue weighted by molar-refractivity contribution is 14.1. The Labute approximate surface area is 134 Å². The van der Waals surface area contributed by atoms with Crippen LogP contribution in [-0.2, 0) is 12.8 Å². The van der Waals surface area contributed by atoms with Crippen LogP contribution >= 0.6 is 22.6 Å². The molecular weight excluding hydrogens is 357 g/mol. The molecule has 0 bridgehead atoms. The molecule has 0 heterocycles. The number of rotatable bonds is 3. The minimum Gasteiger partial charge on any atom is -0.309 e. The van der Waals surface area contributed by atoms with Crippen LogP contribution in [0.15, 0.2) is 42.5 Å². The van der Waals surface area contributed by atoms with Crippen LogP contribution < -0.4 is 5.32 Å². The van der Waals surface area contributed by atoms with Crippen molar-refractivity contribution < 1.29 is 0 Å². The van der Waals surface area contributed by atoms with Crippen molar-refractivity contribution in [1.29, 1.82) is 0 Å². The Morgan fingerprint density at radius 2 is 1.70 bits per heavy atom. The third-order valence-corrected chi connectivity index (χ3v) is 4.85. The monoisotopic (exact) mass is 377 g/mol. The molecule has 0 saturated heterocycles. The van der Waals surface area contributed by atoms with Crippen LogP contribution in [0.2, 0.25) is 0 Å². The highest BCUT2D eigenvalue weighted by atomic mass is 127. The van der Waals surface area contributed by atoms with Gasteiger partial charge in [0.05, 0.1) is 6.04 Å². The summed E-state index contributed by atoms with van der Waals surface area (Å²) in [5.41, 5.74) is 5.84. The van der Waals surface area contributed by atoms with Crippen molar-refractivity contribution in [2.75, 3.05) is 7.05 Å². The zero-order chi connectivity index (χ0) is 13.9. The summed E-state index contributed by atoms with van der Waals surface area (Å²) < 4.78 is 1.29. The van der Waals surface area contributed by atoms with E-state index in [1.54, 1.807) is 11.1 Å². The molecule has 1 aliphatic rings. The second-order valence-corrected chi connectivity index (χ2v) is 6.76. The Hall–Kier alpha value is -0.870. The van der Waals surface area contributed by atoms with Gasteiger partial charge in [-0.1, -0.05) is 30.3 Å². The predicted octanol–water partition coefficient (Wildman–Crippen LogP) is 4.48. The summed E-state index contributed by atoms with van der Waals surface area (Å²) >= 11 is 2.38. The maximum absolute atomic E-state index is 3.47. The first kappa shape index (κ1) is 14.1. The minimum atomic E-state index is 0.289. The van der Waals surface area contributed by atoms with Crippen LogP contribution in [0, 0.1) is 3.57 Å². The summed E-state index contributed by atoms with van der Waals surface area (Å²) in [7, 11) is 2.05. The first-order valence-corrected chi connectivity index (χ1v) is 8.40. The minimum absolute atomic E-state index is 0.289. The van der Waals surface area contributed by atoms with E-state index >= 15 is 0 Å². The topological polar surface area (TPSA) is 12.0 Å². The van der Waals surface area contributed by atoms with Crippen LogP contribution in [-0.4, -0.2) is 7.05 Å². The average Bonchev–Trinajstić information content (AvgIpc) is 2.48. The fourth-order valence-corrected chi connectivity index (χ4v) is 3.71. The standard InChI is InChI=1S/C18H20IN/c1-20-18(15-7-4-8-17(19)12-15)16-10-9-13-5-2-3-6-14(13)11-16/h4,7-12,18,20H,2-3,5-6H2,1H3. The van der Waals surface area contributed by atoms with Crippen LogP contribution in [0.4, 0.5) is 0 Å². The molecule has 2 aromatic rings. The number of aryl methyl sites for hydroxylation is 2. The number of fused-ring (bicyclic) bond motifs is 1. The number of halogens is 1. The maximum Gasteiger partial charge on any atom is 0.0574 e. The maximum atomic E-state index is 3.47. The lowest BCUT2D eigenvalue weighted by Crippen LogP contribution is -2.18. The summed E-state index contributed by atoms with van der Waals surface area (Å²) in [5.74, 6) is 0. The third-order valence-electron chi connectivity index (χ3n) is 4.18. The van der Waals surface area contributed by atoms with Gasteiger partial charge in [0.1, 0.15) is 0 Å². The van der Waals surface area contributed by atoms with Crippen LogP contribution in [0.1, 0.15) is 41.1 Å². The lowest BCUT2D eigenvalue weighted by Gasteiger charge is -2.22. The Kier molecular flexibility index (Phi) is 4.41. The molecule has 2 aromatic carbocycles. The van der Waals surface area contributed by atoms with Gasteiger partial charge in [0.25, 0.3) is 0 Å². The normalized spacial score (nSPS) is 15.7. The molecule has 1 atom stereocenters. The van der Waals surface area contributed by atoms with E-state index in [1.165, 1.54) is 40.4 Å². The van der Waals surface area contributed by atoms with E-state index in [1.807, 2.05) is 7.05 Å². The van der Waals surface area contributed by atoms with E-state index in [0.29, 0.717) is 0 Å². The average molecular weight is 377 g/mol. The van der Waals surface area contributed by atoms with Gasteiger partial charge in [-0.25, -0.2) is 0 Å². The van der Waals surface area contributed by atoms with E-state index in [2.05, 4.69) is 70.4 Å². The van der Waals surface area contributed by atoms with Gasteiger partial charge >= 0.3 is 0 Å². The van der Waals surface area contributed by atoms with Crippen molar-refractivity contribution in [3.05, 3.63) is 68.3 Å². The summed E-state index contributed by atoms with van der Waals surface area (Å²) in [6, 6.07) is 16.1. The van der Waals surface area contributed by atoms with Gasteiger partial charge in [0.2, 0.25) is 0 Å². The van der Waals surface area contributed by atoms with Crippen LogP contribution in [0.25, 0.3) is 0 Å². The van der Waals surface area contributed by atoms with E-state index in [0.717, 1.165) is 0 Å². The van der Waals surface area contributed by atoms with Crippen molar-refractivity contribution in [3.63, 3.8) is 0 Å². The van der Waals surface area contributed by atoms with E-state index in [9.17, 15) is 0 Å². The molecule has 3 rings (SSSR count). The lowest BCUT2D eigenvalue weighted by molar-refractivity contribution is 0.667. The van der Waals surface area contributed by atoms with Crippen LogP contribution in [0.5, 0.6) is 0 Å². The molecule has 0 fully saturated rings. The van der Waals surface area contributed by atoms with Gasteiger partial charge in [-0.05, 0) is 89.7 Å². The molecule has 1 nitrogen and oxygen atoms in total. The Bertz CT molecular complexity index is 606. The zero-order valence-corrected chi connectivity index (χ0v) is 14.0. The van der Waals surface area contributed by atoms with Crippen molar-refractivity contribution in [1.82, 2.24) is 5.32 Å². The third kappa shape index (κ3) is 2.91. The van der Waals surface area contributed by atoms with Gasteiger partial charge in [-0.2, -0.15) is 0 Å². The second-order valence-electron chi connectivity index (χ2n) is 5.51. The van der Waals surface area contributed by atoms with Gasteiger partial charge in [0.15, 0.2) is 0 Å². The largest absolute Gasteiger partial charge is 0.309 e. The Morgan fingerprint density at radius 3 is 2.45 bits per heavy atom. The van der Waals surface area contributed by atoms with Crippen molar-refractivity contribution in [3.8, 4) is 0 Å².